The summed E-state index contributed by atoms with van der Waals surface area (Å²) in [5.74, 6) is 1.25. The Balaban J connectivity index is 1.92. The van der Waals surface area contributed by atoms with Gasteiger partial charge in [-0.25, -0.2) is 0 Å². The van der Waals surface area contributed by atoms with Crippen molar-refractivity contribution in [1.82, 2.24) is 0 Å². The molecule has 1 aliphatic heterocycles. The number of rotatable bonds is 3. The average molecular weight is 279 g/mol. The van der Waals surface area contributed by atoms with Crippen LogP contribution in [0.4, 0.5) is 0 Å². The van der Waals surface area contributed by atoms with Crippen LogP contribution >= 0.6 is 11.6 Å². The summed E-state index contributed by atoms with van der Waals surface area (Å²) in [5, 5.41) is 0.918. The van der Waals surface area contributed by atoms with Crippen LogP contribution in [0.5, 0.6) is 0 Å². The molecule has 1 nitrogen and oxygen atoms in total. The summed E-state index contributed by atoms with van der Waals surface area (Å²) >= 11 is 6.50. The molecule has 1 saturated carbocycles. The Hall–Kier alpha value is -0.530. The monoisotopic (exact) mass is 278 g/mol. The van der Waals surface area contributed by atoms with Gasteiger partial charge in [0, 0.05) is 10.9 Å². The highest BCUT2D eigenvalue weighted by atomic mass is 35.5. The lowest BCUT2D eigenvalue weighted by Crippen LogP contribution is -2.52. The summed E-state index contributed by atoms with van der Waals surface area (Å²) in [5.41, 5.74) is 2.58. The van der Waals surface area contributed by atoms with E-state index < -0.39 is 0 Å². The van der Waals surface area contributed by atoms with E-state index in [4.69, 9.17) is 16.3 Å². The van der Waals surface area contributed by atoms with Gasteiger partial charge in [-0.1, -0.05) is 50.4 Å². The molecule has 0 bridgehead atoms. The Bertz CT molecular complexity index is 470. The van der Waals surface area contributed by atoms with E-state index in [9.17, 15) is 0 Å². The minimum absolute atomic E-state index is 0.00409. The maximum Gasteiger partial charge on any atom is 0.0981 e. The fourth-order valence-corrected chi connectivity index (χ4v) is 4.01. The van der Waals surface area contributed by atoms with Crippen LogP contribution in [0.15, 0.2) is 18.2 Å². The van der Waals surface area contributed by atoms with Gasteiger partial charge in [-0.2, -0.15) is 0 Å². The third-order valence-corrected chi connectivity index (χ3v) is 5.51. The molecule has 0 aromatic heterocycles. The highest BCUT2D eigenvalue weighted by Crippen LogP contribution is 2.52. The Morgan fingerprint density at radius 1 is 1.42 bits per heavy atom. The van der Waals surface area contributed by atoms with Gasteiger partial charge >= 0.3 is 0 Å². The molecule has 3 atom stereocenters. The van der Waals surface area contributed by atoms with Crippen molar-refractivity contribution in [3.63, 3.8) is 0 Å². The highest BCUT2D eigenvalue weighted by Gasteiger charge is 2.50. The van der Waals surface area contributed by atoms with Crippen LogP contribution in [0.2, 0.25) is 5.02 Å². The minimum Gasteiger partial charge on any atom is -0.369 e. The zero-order chi connectivity index (χ0) is 13.5. The van der Waals surface area contributed by atoms with Gasteiger partial charge in [0.25, 0.3) is 0 Å². The van der Waals surface area contributed by atoms with Crippen LogP contribution < -0.4 is 0 Å². The van der Waals surface area contributed by atoms with Crippen molar-refractivity contribution < 1.29 is 4.74 Å². The second kappa shape index (κ2) is 5.10. The second-order valence-electron chi connectivity index (χ2n) is 6.19. The Kier molecular flexibility index (Phi) is 3.61. The molecule has 3 rings (SSSR count). The van der Waals surface area contributed by atoms with E-state index >= 15 is 0 Å². The van der Waals surface area contributed by atoms with E-state index in [1.807, 2.05) is 0 Å². The first-order chi connectivity index (χ1) is 9.17. The van der Waals surface area contributed by atoms with Crippen LogP contribution in [0.25, 0.3) is 0 Å². The normalized spacial score (nSPS) is 31.4. The summed E-state index contributed by atoms with van der Waals surface area (Å²) in [6, 6.07) is 6.64. The number of hydrogen-bond acceptors (Lipinski definition) is 1. The molecule has 0 radical (unpaired) electrons. The molecule has 1 heterocycles. The molecular weight excluding hydrogens is 256 g/mol. The average Bonchev–Trinajstić information content (AvgIpc) is 2.39. The maximum absolute atomic E-state index is 6.50. The smallest absolute Gasteiger partial charge is 0.0981 e. The van der Waals surface area contributed by atoms with Gasteiger partial charge < -0.3 is 4.74 Å². The number of hydrogen-bond donors (Lipinski definition) is 0. The maximum atomic E-state index is 6.50. The lowest BCUT2D eigenvalue weighted by Gasteiger charge is -2.53. The van der Waals surface area contributed by atoms with Gasteiger partial charge in [0.1, 0.15) is 0 Å². The van der Waals surface area contributed by atoms with Gasteiger partial charge in [0.2, 0.25) is 0 Å². The molecule has 104 valence electrons. The number of ether oxygens (including phenoxy) is 1. The number of halogens is 1. The van der Waals surface area contributed by atoms with Crippen LogP contribution in [-0.2, 0) is 10.3 Å². The first-order valence-corrected chi connectivity index (χ1v) is 7.99. The summed E-state index contributed by atoms with van der Waals surface area (Å²) in [6.07, 6.45) is 6.24. The molecule has 1 aromatic carbocycles. The predicted octanol–water partition coefficient (Wildman–Crippen LogP) is 5.27. The molecule has 2 fully saturated rings. The van der Waals surface area contributed by atoms with E-state index in [0.29, 0.717) is 11.8 Å². The minimum atomic E-state index is -0.00409. The van der Waals surface area contributed by atoms with E-state index in [0.717, 1.165) is 24.5 Å². The fourth-order valence-electron chi connectivity index (χ4n) is 3.65. The summed E-state index contributed by atoms with van der Waals surface area (Å²) in [6.45, 7) is 5.38. The van der Waals surface area contributed by atoms with E-state index in [2.05, 4.69) is 32.0 Å². The van der Waals surface area contributed by atoms with Gasteiger partial charge in [-0.3, -0.25) is 0 Å². The van der Waals surface area contributed by atoms with E-state index in [-0.39, 0.29) is 5.60 Å². The van der Waals surface area contributed by atoms with Crippen molar-refractivity contribution >= 4 is 11.6 Å². The SMILES string of the molecule is CCC(C)c1ccc(C23CCCCC2CO3)cc1Cl. The zero-order valence-corrected chi connectivity index (χ0v) is 12.7. The molecule has 0 spiro atoms. The third kappa shape index (κ3) is 2.11. The van der Waals surface area contributed by atoms with Crippen molar-refractivity contribution in [2.45, 2.75) is 57.5 Å². The van der Waals surface area contributed by atoms with Gasteiger partial charge in [-0.15, -0.1) is 0 Å². The second-order valence-corrected chi connectivity index (χ2v) is 6.60. The molecule has 2 aliphatic rings. The predicted molar refractivity (Wildman–Crippen MR) is 79.7 cm³/mol. The molecule has 1 saturated heterocycles. The fraction of sp³-hybridized carbons (Fsp3) is 0.647. The first kappa shape index (κ1) is 13.5. The van der Waals surface area contributed by atoms with Crippen molar-refractivity contribution in [2.24, 2.45) is 5.92 Å². The zero-order valence-electron chi connectivity index (χ0n) is 11.9. The summed E-state index contributed by atoms with van der Waals surface area (Å²) in [4.78, 5) is 0. The highest BCUT2D eigenvalue weighted by molar-refractivity contribution is 6.31. The van der Waals surface area contributed by atoms with Crippen molar-refractivity contribution in [2.75, 3.05) is 6.61 Å². The van der Waals surface area contributed by atoms with Crippen LogP contribution in [0.3, 0.4) is 0 Å². The quantitative estimate of drug-likeness (QED) is 0.732. The van der Waals surface area contributed by atoms with Crippen molar-refractivity contribution in [3.8, 4) is 0 Å². The Labute approximate surface area is 121 Å². The van der Waals surface area contributed by atoms with E-state index in [1.165, 1.54) is 30.4 Å². The number of fused-ring (bicyclic) bond motifs is 1. The topological polar surface area (TPSA) is 9.23 Å². The largest absolute Gasteiger partial charge is 0.369 e. The standard InChI is InChI=1S/C17H23ClO/c1-3-12(2)15-8-7-13(10-16(15)18)17-9-5-4-6-14(17)11-19-17/h7-8,10,12,14H,3-6,9,11H2,1-2H3. The van der Waals surface area contributed by atoms with Gasteiger partial charge in [-0.05, 0) is 42.4 Å². The first-order valence-electron chi connectivity index (χ1n) is 7.61. The van der Waals surface area contributed by atoms with Crippen molar-refractivity contribution in [1.29, 1.82) is 0 Å². The molecule has 0 N–H and O–H groups in total. The lowest BCUT2D eigenvalue weighted by molar-refractivity contribution is -0.230. The number of benzene rings is 1. The lowest BCUT2D eigenvalue weighted by atomic mass is 9.68. The molecule has 3 unspecified atom stereocenters. The molecule has 0 amide bonds. The van der Waals surface area contributed by atoms with Crippen LogP contribution in [-0.4, -0.2) is 6.61 Å². The Morgan fingerprint density at radius 2 is 2.26 bits per heavy atom. The molecule has 19 heavy (non-hydrogen) atoms. The molecule has 2 heteroatoms. The molecule has 1 aromatic rings. The Morgan fingerprint density at radius 3 is 2.84 bits per heavy atom. The van der Waals surface area contributed by atoms with Gasteiger partial charge in [0.05, 0.1) is 12.2 Å². The molecule has 1 aliphatic carbocycles. The summed E-state index contributed by atoms with van der Waals surface area (Å²) in [7, 11) is 0. The molecular formula is C17H23ClO. The van der Waals surface area contributed by atoms with Crippen LogP contribution in [0, 0.1) is 5.92 Å². The van der Waals surface area contributed by atoms with Gasteiger partial charge in [0.15, 0.2) is 0 Å². The van der Waals surface area contributed by atoms with Crippen molar-refractivity contribution in [3.05, 3.63) is 34.3 Å². The third-order valence-electron chi connectivity index (χ3n) is 5.18. The van der Waals surface area contributed by atoms with E-state index in [1.54, 1.807) is 0 Å². The van der Waals surface area contributed by atoms with Crippen LogP contribution in [0.1, 0.15) is 63.0 Å². The summed E-state index contributed by atoms with van der Waals surface area (Å²) < 4.78 is 6.03.